The van der Waals surface area contributed by atoms with Gasteiger partial charge in [-0.2, -0.15) is 0 Å². The zero-order valence-electron chi connectivity index (χ0n) is 15.2. The number of carbonyl (C=O) groups excluding carboxylic acids is 1. The summed E-state index contributed by atoms with van der Waals surface area (Å²) in [6.45, 7) is 4.67. The van der Waals surface area contributed by atoms with Gasteiger partial charge in [-0.05, 0) is 55.6 Å². The number of rotatable bonds is 7. The van der Waals surface area contributed by atoms with Crippen molar-refractivity contribution in [2.24, 2.45) is 0 Å². The molecule has 0 aliphatic carbocycles. The molecule has 3 aromatic rings. The number of aromatic nitrogens is 2. The average Bonchev–Trinajstić information content (AvgIpc) is 3.15. The van der Waals surface area contributed by atoms with E-state index in [-0.39, 0.29) is 5.91 Å². The minimum Gasteiger partial charge on any atom is -0.370 e. The van der Waals surface area contributed by atoms with E-state index in [2.05, 4.69) is 25.9 Å². The van der Waals surface area contributed by atoms with Crippen LogP contribution < -0.4 is 16.0 Å². The highest BCUT2D eigenvalue weighted by Gasteiger charge is 2.03. The van der Waals surface area contributed by atoms with E-state index in [1.165, 1.54) is 6.08 Å². The zero-order valence-corrected chi connectivity index (χ0v) is 16.0. The topological polar surface area (TPSA) is 78.9 Å². The summed E-state index contributed by atoms with van der Waals surface area (Å²) in [5, 5.41) is 11.3. The highest BCUT2D eigenvalue weighted by Crippen LogP contribution is 2.20. The first kappa shape index (κ1) is 18.6. The second-order valence-corrected chi connectivity index (χ2v) is 6.74. The van der Waals surface area contributed by atoms with Crippen molar-refractivity contribution in [2.45, 2.75) is 13.8 Å². The maximum Gasteiger partial charge on any atom is 0.248 e. The predicted molar refractivity (Wildman–Crippen MR) is 113 cm³/mol. The van der Waals surface area contributed by atoms with Gasteiger partial charge in [0.2, 0.25) is 5.91 Å². The van der Waals surface area contributed by atoms with Crippen LogP contribution in [-0.4, -0.2) is 22.4 Å². The first-order valence-corrected chi connectivity index (χ1v) is 9.49. The number of aryl methyl sites for hydroxylation is 1. The summed E-state index contributed by atoms with van der Waals surface area (Å²) in [6.07, 6.45) is 3.33. The molecule has 0 aliphatic heterocycles. The number of benzene rings is 1. The molecule has 0 spiro atoms. The van der Waals surface area contributed by atoms with Gasteiger partial charge < -0.3 is 16.0 Å². The van der Waals surface area contributed by atoms with Crippen molar-refractivity contribution in [1.29, 1.82) is 0 Å². The van der Waals surface area contributed by atoms with Crippen molar-refractivity contribution < 1.29 is 4.79 Å². The molecule has 2 aromatic heterocycles. The second-order valence-electron chi connectivity index (χ2n) is 5.76. The Balaban J connectivity index is 1.61. The fourth-order valence-electron chi connectivity index (χ4n) is 2.42. The van der Waals surface area contributed by atoms with Crippen LogP contribution in [0.4, 0.5) is 23.0 Å². The summed E-state index contributed by atoms with van der Waals surface area (Å²) in [4.78, 5) is 21.8. The number of anilines is 4. The monoisotopic (exact) mass is 379 g/mol. The van der Waals surface area contributed by atoms with Gasteiger partial charge in [0.1, 0.15) is 17.5 Å². The number of hydrogen-bond acceptors (Lipinski definition) is 6. The number of thiophene rings is 1. The van der Waals surface area contributed by atoms with Gasteiger partial charge in [0, 0.05) is 34.9 Å². The third-order valence-corrected chi connectivity index (χ3v) is 4.40. The molecule has 0 aliphatic rings. The molecule has 1 amide bonds. The Hall–Kier alpha value is -3.19. The minimum absolute atomic E-state index is 0.161. The van der Waals surface area contributed by atoms with Crippen LogP contribution in [0.2, 0.25) is 0 Å². The molecule has 0 radical (unpaired) electrons. The number of nitrogens with zero attached hydrogens (tertiary/aromatic N) is 2. The summed E-state index contributed by atoms with van der Waals surface area (Å²) in [6, 6.07) is 13.3. The molecule has 0 atom stereocenters. The van der Waals surface area contributed by atoms with Crippen LogP contribution in [0.1, 0.15) is 17.6 Å². The third kappa shape index (κ3) is 5.65. The molecule has 3 N–H and O–H groups in total. The molecule has 0 unspecified atom stereocenters. The molecular weight excluding hydrogens is 358 g/mol. The predicted octanol–water partition coefficient (Wildman–Crippen LogP) is 4.67. The SMILES string of the molecule is CCNc1cc(Nc2ccc(NC(=O)/C=C/c3cccs3)cc2)nc(C)n1. The summed E-state index contributed by atoms with van der Waals surface area (Å²) in [5.41, 5.74) is 1.61. The lowest BCUT2D eigenvalue weighted by Crippen LogP contribution is -2.07. The maximum absolute atomic E-state index is 12.0. The fraction of sp³-hybridized carbons (Fsp3) is 0.150. The van der Waals surface area contributed by atoms with E-state index in [1.807, 2.05) is 61.7 Å². The smallest absolute Gasteiger partial charge is 0.248 e. The number of nitrogens with one attached hydrogen (secondary N) is 3. The first-order chi connectivity index (χ1) is 13.1. The van der Waals surface area contributed by atoms with Crippen molar-refractivity contribution in [3.63, 3.8) is 0 Å². The molecular formula is C20H21N5OS. The van der Waals surface area contributed by atoms with Gasteiger partial charge in [-0.15, -0.1) is 11.3 Å². The van der Waals surface area contributed by atoms with Crippen LogP contribution in [0.25, 0.3) is 6.08 Å². The van der Waals surface area contributed by atoms with E-state index in [4.69, 9.17) is 0 Å². The Kier molecular flexibility index (Phi) is 6.17. The summed E-state index contributed by atoms with van der Waals surface area (Å²) in [7, 11) is 0. The van der Waals surface area contributed by atoms with Crippen molar-refractivity contribution >= 4 is 46.3 Å². The first-order valence-electron chi connectivity index (χ1n) is 8.61. The van der Waals surface area contributed by atoms with Crippen LogP contribution in [0.5, 0.6) is 0 Å². The van der Waals surface area contributed by atoms with Gasteiger partial charge in [-0.3, -0.25) is 4.79 Å². The van der Waals surface area contributed by atoms with E-state index in [0.717, 1.165) is 28.6 Å². The number of hydrogen-bond donors (Lipinski definition) is 3. The van der Waals surface area contributed by atoms with Gasteiger partial charge >= 0.3 is 0 Å². The third-order valence-electron chi connectivity index (χ3n) is 3.56. The summed E-state index contributed by atoms with van der Waals surface area (Å²) in [5.74, 6) is 2.03. The van der Waals surface area contributed by atoms with Gasteiger partial charge in [0.25, 0.3) is 0 Å². The molecule has 27 heavy (non-hydrogen) atoms. The van der Waals surface area contributed by atoms with Crippen LogP contribution in [0.3, 0.4) is 0 Å². The zero-order chi connectivity index (χ0) is 19.1. The summed E-state index contributed by atoms with van der Waals surface area (Å²) < 4.78 is 0. The minimum atomic E-state index is -0.161. The van der Waals surface area contributed by atoms with Gasteiger partial charge in [-0.1, -0.05) is 6.07 Å². The molecule has 0 bridgehead atoms. The number of carbonyl (C=O) groups is 1. The summed E-state index contributed by atoms with van der Waals surface area (Å²) >= 11 is 1.59. The van der Waals surface area contributed by atoms with Gasteiger partial charge in [0.05, 0.1) is 0 Å². The second kappa shape index (κ2) is 8.95. The van der Waals surface area contributed by atoms with Crippen LogP contribution in [0, 0.1) is 6.92 Å². The van der Waals surface area contributed by atoms with E-state index in [0.29, 0.717) is 11.6 Å². The Morgan fingerprint density at radius 3 is 2.56 bits per heavy atom. The fourth-order valence-corrected chi connectivity index (χ4v) is 3.03. The largest absolute Gasteiger partial charge is 0.370 e. The van der Waals surface area contributed by atoms with Crippen molar-refractivity contribution in [2.75, 3.05) is 22.5 Å². The Morgan fingerprint density at radius 2 is 1.85 bits per heavy atom. The molecule has 0 saturated heterocycles. The van der Waals surface area contributed by atoms with Gasteiger partial charge in [0.15, 0.2) is 0 Å². The van der Waals surface area contributed by atoms with Crippen LogP contribution in [0.15, 0.2) is 53.9 Å². The normalized spacial score (nSPS) is 10.7. The van der Waals surface area contributed by atoms with Crippen molar-refractivity contribution in [1.82, 2.24) is 9.97 Å². The molecule has 2 heterocycles. The van der Waals surface area contributed by atoms with Crippen LogP contribution in [-0.2, 0) is 4.79 Å². The molecule has 6 nitrogen and oxygen atoms in total. The lowest BCUT2D eigenvalue weighted by Gasteiger charge is -2.10. The average molecular weight is 379 g/mol. The maximum atomic E-state index is 12.0. The van der Waals surface area contributed by atoms with Crippen LogP contribution >= 0.6 is 11.3 Å². The molecule has 1 aromatic carbocycles. The molecule has 0 saturated carbocycles. The molecule has 0 fully saturated rings. The molecule has 7 heteroatoms. The number of amides is 1. The quantitative estimate of drug-likeness (QED) is 0.520. The van der Waals surface area contributed by atoms with Gasteiger partial charge in [-0.25, -0.2) is 9.97 Å². The Bertz CT molecular complexity index is 920. The highest BCUT2D eigenvalue weighted by molar-refractivity contribution is 7.10. The molecule has 3 rings (SSSR count). The standard InChI is InChI=1S/C20H21N5OS/c1-3-21-18-13-19(23-14(2)22-18)24-15-6-8-16(9-7-15)25-20(26)11-10-17-5-4-12-27-17/h4-13H,3H2,1-2H3,(H,25,26)(H2,21,22,23,24)/b11-10+. The van der Waals surface area contributed by atoms with E-state index in [9.17, 15) is 4.79 Å². The van der Waals surface area contributed by atoms with E-state index < -0.39 is 0 Å². The lowest BCUT2D eigenvalue weighted by molar-refractivity contribution is -0.111. The highest BCUT2D eigenvalue weighted by atomic mass is 32.1. The van der Waals surface area contributed by atoms with Crippen molar-refractivity contribution in [3.8, 4) is 0 Å². The van der Waals surface area contributed by atoms with E-state index in [1.54, 1.807) is 17.4 Å². The van der Waals surface area contributed by atoms with E-state index >= 15 is 0 Å². The Morgan fingerprint density at radius 1 is 1.11 bits per heavy atom. The van der Waals surface area contributed by atoms with Crippen molar-refractivity contribution in [3.05, 3.63) is 64.6 Å². The lowest BCUT2D eigenvalue weighted by atomic mass is 10.2. The Labute approximate surface area is 162 Å². The molecule has 138 valence electrons.